The maximum Gasteiger partial charge on any atom is 0.254 e. The number of ether oxygens (including phenoxy) is 1. The van der Waals surface area contributed by atoms with E-state index in [0.717, 1.165) is 18.4 Å². The minimum absolute atomic E-state index is 0.0868. The molecule has 0 N–H and O–H groups in total. The fraction of sp³-hybridized carbons (Fsp3) is 0.357. The first-order valence-electron chi connectivity index (χ1n) is 12.1. The van der Waals surface area contributed by atoms with Gasteiger partial charge in [-0.25, -0.2) is 8.78 Å². The molecule has 0 radical (unpaired) electrons. The molecule has 0 saturated heterocycles. The van der Waals surface area contributed by atoms with Gasteiger partial charge in [-0.05, 0) is 65.7 Å². The number of benzene rings is 2. The van der Waals surface area contributed by atoms with E-state index in [2.05, 4.69) is 0 Å². The van der Waals surface area contributed by atoms with Gasteiger partial charge in [-0.2, -0.15) is 0 Å². The van der Waals surface area contributed by atoms with Crippen LogP contribution in [0.15, 0.2) is 60.0 Å². The number of amides is 2. The van der Waals surface area contributed by atoms with Gasteiger partial charge in [-0.1, -0.05) is 26.3 Å². The average Bonchev–Trinajstić information content (AvgIpc) is 3.36. The highest BCUT2D eigenvalue weighted by Gasteiger charge is 2.34. The van der Waals surface area contributed by atoms with Gasteiger partial charge in [0.1, 0.15) is 30.5 Å². The second-order valence-corrected chi connectivity index (χ2v) is 10.1. The summed E-state index contributed by atoms with van der Waals surface area (Å²) in [5, 5.41) is 2.00. The smallest absolute Gasteiger partial charge is 0.254 e. The largest absolute Gasteiger partial charge is 0.491 e. The Morgan fingerprint density at radius 2 is 1.92 bits per heavy atom. The lowest BCUT2D eigenvalue weighted by atomic mass is 10.00. The van der Waals surface area contributed by atoms with Crippen LogP contribution in [-0.4, -0.2) is 47.9 Å². The molecule has 1 aliphatic rings. The fourth-order valence-electron chi connectivity index (χ4n) is 4.36. The first kappa shape index (κ1) is 25.8. The molecule has 0 bridgehead atoms. The number of rotatable bonds is 9. The van der Waals surface area contributed by atoms with Gasteiger partial charge in [0.2, 0.25) is 5.91 Å². The molecular weight excluding hydrogens is 482 g/mol. The Balaban J connectivity index is 1.54. The van der Waals surface area contributed by atoms with Crippen molar-refractivity contribution in [2.24, 2.45) is 5.92 Å². The van der Waals surface area contributed by atoms with Crippen LogP contribution in [-0.2, 0) is 11.2 Å². The van der Waals surface area contributed by atoms with Gasteiger partial charge in [0, 0.05) is 29.6 Å². The Bertz CT molecular complexity index is 1200. The third-order valence-corrected chi connectivity index (χ3v) is 7.55. The van der Waals surface area contributed by atoms with Crippen molar-refractivity contribution in [3.05, 3.63) is 87.6 Å². The van der Waals surface area contributed by atoms with Crippen LogP contribution in [0.25, 0.3) is 0 Å². The minimum atomic E-state index is -0.419. The predicted molar refractivity (Wildman–Crippen MR) is 136 cm³/mol. The predicted octanol–water partition coefficient (Wildman–Crippen LogP) is 5.72. The molecule has 2 aromatic carbocycles. The fourth-order valence-corrected chi connectivity index (χ4v) is 5.29. The van der Waals surface area contributed by atoms with Crippen LogP contribution in [0.5, 0.6) is 5.75 Å². The molecule has 1 aromatic heterocycles. The van der Waals surface area contributed by atoms with Crippen LogP contribution in [0.4, 0.5) is 8.78 Å². The highest BCUT2D eigenvalue weighted by molar-refractivity contribution is 7.10. The summed E-state index contributed by atoms with van der Waals surface area (Å²) in [7, 11) is 0. The Hall–Kier alpha value is -3.26. The minimum Gasteiger partial charge on any atom is -0.491 e. The number of carbonyl (C=O) groups is 2. The van der Waals surface area contributed by atoms with E-state index in [0.29, 0.717) is 24.4 Å². The topological polar surface area (TPSA) is 49.9 Å². The zero-order valence-corrected chi connectivity index (χ0v) is 21.3. The molecule has 2 atom stereocenters. The molecule has 0 aliphatic carbocycles. The number of halogens is 2. The summed E-state index contributed by atoms with van der Waals surface area (Å²) in [6, 6.07) is 13.0. The molecule has 3 aromatic rings. The molecule has 1 aliphatic heterocycles. The molecule has 190 valence electrons. The second-order valence-electron chi connectivity index (χ2n) is 9.13. The Kier molecular flexibility index (Phi) is 8.36. The Morgan fingerprint density at radius 3 is 2.64 bits per heavy atom. The van der Waals surface area contributed by atoms with Crippen molar-refractivity contribution in [1.82, 2.24) is 9.80 Å². The number of fused-ring (bicyclic) bond motifs is 1. The van der Waals surface area contributed by atoms with E-state index >= 15 is 0 Å². The number of thiophene rings is 1. The van der Waals surface area contributed by atoms with Gasteiger partial charge in [0.05, 0.1) is 6.04 Å². The number of hydrogen-bond donors (Lipinski definition) is 0. The molecule has 0 spiro atoms. The zero-order chi connectivity index (χ0) is 25.7. The molecular formula is C28H30F2N2O3S. The molecule has 2 amide bonds. The van der Waals surface area contributed by atoms with Gasteiger partial charge < -0.3 is 14.5 Å². The van der Waals surface area contributed by atoms with Gasteiger partial charge in [-0.15, -0.1) is 11.3 Å². The van der Waals surface area contributed by atoms with Crippen LogP contribution in [0.3, 0.4) is 0 Å². The molecule has 0 unspecified atom stereocenters. The average molecular weight is 513 g/mol. The summed E-state index contributed by atoms with van der Waals surface area (Å²) in [6.45, 7) is 5.08. The Labute approximate surface area is 214 Å². The second kappa shape index (κ2) is 11.6. The first-order valence-corrected chi connectivity index (χ1v) is 13.0. The maximum atomic E-state index is 13.6. The SMILES string of the molecule is CC[C@H](C)CN(CC(=O)N1CCc2sccc2[C@@H]1COc1cccc(F)c1)C(=O)c1ccc(F)cc1. The summed E-state index contributed by atoms with van der Waals surface area (Å²) >= 11 is 1.65. The molecule has 4 rings (SSSR count). The normalized spacial score (nSPS) is 15.8. The van der Waals surface area contributed by atoms with E-state index in [9.17, 15) is 18.4 Å². The van der Waals surface area contributed by atoms with E-state index in [-0.39, 0.29) is 42.7 Å². The molecule has 2 heterocycles. The summed E-state index contributed by atoms with van der Waals surface area (Å²) in [4.78, 5) is 31.4. The lowest BCUT2D eigenvalue weighted by Gasteiger charge is -2.37. The molecule has 0 fully saturated rings. The third-order valence-electron chi connectivity index (χ3n) is 6.55. The van der Waals surface area contributed by atoms with E-state index in [1.165, 1.54) is 41.3 Å². The zero-order valence-electron chi connectivity index (χ0n) is 20.5. The summed E-state index contributed by atoms with van der Waals surface area (Å²) in [5.41, 5.74) is 1.37. The van der Waals surface area contributed by atoms with E-state index in [4.69, 9.17) is 4.74 Å². The van der Waals surface area contributed by atoms with Crippen molar-refractivity contribution in [3.63, 3.8) is 0 Å². The van der Waals surface area contributed by atoms with Gasteiger partial charge >= 0.3 is 0 Å². The summed E-state index contributed by atoms with van der Waals surface area (Å²) < 4.78 is 32.9. The van der Waals surface area contributed by atoms with Gasteiger partial charge in [0.25, 0.3) is 5.91 Å². The van der Waals surface area contributed by atoms with Crippen molar-refractivity contribution < 1.29 is 23.1 Å². The van der Waals surface area contributed by atoms with Crippen molar-refractivity contribution in [2.75, 3.05) is 26.2 Å². The summed E-state index contributed by atoms with van der Waals surface area (Å²) in [6.07, 6.45) is 1.58. The standard InChI is InChI=1S/C28H30F2N2O3S/c1-3-19(2)16-31(28(34)20-7-9-21(29)10-8-20)17-27(33)32-13-11-26-24(12-14-36-26)25(32)18-35-23-6-4-5-22(30)15-23/h4-10,12,14-15,19,25H,3,11,13,16-18H2,1-2H3/t19-,25-/m0/s1. The number of nitrogens with zero attached hydrogens (tertiary/aromatic N) is 2. The Morgan fingerprint density at radius 1 is 1.14 bits per heavy atom. The third kappa shape index (κ3) is 6.10. The number of hydrogen-bond acceptors (Lipinski definition) is 4. The van der Waals surface area contributed by atoms with Crippen LogP contribution in [0.1, 0.15) is 47.1 Å². The highest BCUT2D eigenvalue weighted by atomic mass is 32.1. The van der Waals surface area contributed by atoms with Crippen molar-refractivity contribution in [1.29, 1.82) is 0 Å². The molecule has 5 nitrogen and oxygen atoms in total. The van der Waals surface area contributed by atoms with Crippen molar-refractivity contribution in [3.8, 4) is 5.75 Å². The lowest BCUT2D eigenvalue weighted by molar-refractivity contribution is -0.135. The first-order chi connectivity index (χ1) is 17.4. The van der Waals surface area contributed by atoms with Crippen LogP contribution in [0, 0.1) is 17.6 Å². The molecule has 0 saturated carbocycles. The molecule has 36 heavy (non-hydrogen) atoms. The van der Waals surface area contributed by atoms with Crippen LogP contribution in [0.2, 0.25) is 0 Å². The highest BCUT2D eigenvalue weighted by Crippen LogP contribution is 2.34. The monoisotopic (exact) mass is 512 g/mol. The van der Waals surface area contributed by atoms with Crippen molar-refractivity contribution in [2.45, 2.75) is 32.7 Å². The molecule has 8 heteroatoms. The van der Waals surface area contributed by atoms with Gasteiger partial charge in [-0.3, -0.25) is 9.59 Å². The van der Waals surface area contributed by atoms with Crippen LogP contribution >= 0.6 is 11.3 Å². The van der Waals surface area contributed by atoms with E-state index < -0.39 is 5.82 Å². The van der Waals surface area contributed by atoms with Crippen LogP contribution < -0.4 is 4.74 Å². The number of carbonyl (C=O) groups excluding carboxylic acids is 2. The lowest BCUT2D eigenvalue weighted by Crippen LogP contribution is -2.48. The van der Waals surface area contributed by atoms with Crippen molar-refractivity contribution >= 4 is 23.2 Å². The van der Waals surface area contributed by atoms with Gasteiger partial charge in [0.15, 0.2) is 0 Å². The summed E-state index contributed by atoms with van der Waals surface area (Å²) in [5.74, 6) is -0.700. The van der Waals surface area contributed by atoms with E-state index in [1.54, 1.807) is 33.3 Å². The quantitative estimate of drug-likeness (QED) is 0.369. The maximum absolute atomic E-state index is 13.6. The van der Waals surface area contributed by atoms with E-state index in [1.807, 2.05) is 25.3 Å².